The minimum Gasteiger partial charge on any atom is -0.466 e. The Labute approximate surface area is 398 Å². The highest BCUT2D eigenvalue weighted by atomic mass is 16.5. The predicted molar refractivity (Wildman–Crippen MR) is 278 cm³/mol. The van der Waals surface area contributed by atoms with Gasteiger partial charge in [-0.15, -0.1) is 0 Å². The van der Waals surface area contributed by atoms with Gasteiger partial charge in [0, 0.05) is 12.8 Å². The third kappa shape index (κ3) is 49.5. The number of nitrogens with one attached hydrogen (secondary N) is 1. The third-order valence-electron chi connectivity index (χ3n) is 12.9. The van der Waals surface area contributed by atoms with E-state index in [2.05, 4.69) is 55.6 Å². The van der Waals surface area contributed by atoms with E-state index in [1.807, 2.05) is 0 Å². The van der Waals surface area contributed by atoms with Gasteiger partial charge in [-0.1, -0.05) is 243 Å². The first kappa shape index (κ1) is 62.1. The van der Waals surface area contributed by atoms with Crippen molar-refractivity contribution in [3.63, 3.8) is 0 Å². The molecule has 0 saturated carbocycles. The Morgan fingerprint density at radius 3 is 1.25 bits per heavy atom. The van der Waals surface area contributed by atoms with Crippen molar-refractivity contribution in [3.8, 4) is 0 Å². The van der Waals surface area contributed by atoms with Crippen molar-refractivity contribution in [2.75, 3.05) is 13.2 Å². The van der Waals surface area contributed by atoms with Gasteiger partial charge in [0.25, 0.3) is 0 Å². The Bertz CT molecular complexity index is 1040. The molecular weight excluding hydrogens is 791 g/mol. The van der Waals surface area contributed by atoms with Gasteiger partial charge in [-0.05, 0) is 77.0 Å². The summed E-state index contributed by atoms with van der Waals surface area (Å²) in [6.45, 7) is 4.84. The largest absolute Gasteiger partial charge is 0.466 e. The zero-order valence-electron chi connectivity index (χ0n) is 42.8. The van der Waals surface area contributed by atoms with Gasteiger partial charge in [-0.25, -0.2) is 0 Å². The molecule has 0 fully saturated rings. The second-order valence-electron chi connectivity index (χ2n) is 19.3. The first-order valence-corrected chi connectivity index (χ1v) is 28.2. The van der Waals surface area contributed by atoms with Gasteiger partial charge in [-0.3, -0.25) is 9.59 Å². The molecule has 0 heterocycles. The molecule has 3 N–H and O–H groups in total. The van der Waals surface area contributed by atoms with Crippen LogP contribution in [-0.4, -0.2) is 47.4 Å². The van der Waals surface area contributed by atoms with E-state index in [1.54, 1.807) is 0 Å². The number of unbranched alkanes of at least 4 members (excludes halogenated alkanes) is 35. The van der Waals surface area contributed by atoms with E-state index in [0.29, 0.717) is 25.9 Å². The molecule has 0 aliphatic carbocycles. The van der Waals surface area contributed by atoms with Crippen molar-refractivity contribution in [2.24, 2.45) is 0 Å². The summed E-state index contributed by atoms with van der Waals surface area (Å²) in [5.74, 6) is -0.109. The molecule has 1 amide bonds. The van der Waals surface area contributed by atoms with Gasteiger partial charge in [0.1, 0.15) is 0 Å². The van der Waals surface area contributed by atoms with Crippen LogP contribution in [0, 0.1) is 0 Å². The molecular formula is C58H109NO5. The first-order valence-electron chi connectivity index (χ1n) is 28.2. The van der Waals surface area contributed by atoms with Crippen molar-refractivity contribution in [2.45, 2.75) is 309 Å². The number of rotatable bonds is 52. The number of amides is 1. The van der Waals surface area contributed by atoms with Crippen molar-refractivity contribution in [1.29, 1.82) is 0 Å². The van der Waals surface area contributed by atoms with Crippen molar-refractivity contribution in [1.82, 2.24) is 5.32 Å². The number of ether oxygens (including phenoxy) is 1. The van der Waals surface area contributed by atoms with Gasteiger partial charge < -0.3 is 20.3 Å². The maximum absolute atomic E-state index is 12.5. The van der Waals surface area contributed by atoms with Crippen LogP contribution in [-0.2, 0) is 14.3 Å². The summed E-state index contributed by atoms with van der Waals surface area (Å²) in [4.78, 5) is 24.5. The highest BCUT2D eigenvalue weighted by Gasteiger charge is 2.20. The second-order valence-corrected chi connectivity index (χ2v) is 19.3. The molecule has 0 bridgehead atoms. The van der Waals surface area contributed by atoms with E-state index < -0.39 is 12.1 Å². The molecule has 0 radical (unpaired) electrons. The summed E-state index contributed by atoms with van der Waals surface area (Å²) in [6.07, 6.45) is 65.6. The van der Waals surface area contributed by atoms with E-state index in [-0.39, 0.29) is 18.5 Å². The maximum Gasteiger partial charge on any atom is 0.305 e. The Morgan fingerprint density at radius 1 is 0.438 bits per heavy atom. The minimum atomic E-state index is -0.685. The van der Waals surface area contributed by atoms with Gasteiger partial charge in [0.05, 0.1) is 25.4 Å². The smallest absolute Gasteiger partial charge is 0.305 e. The van der Waals surface area contributed by atoms with Crippen molar-refractivity contribution in [3.05, 3.63) is 36.5 Å². The molecule has 0 aromatic rings. The van der Waals surface area contributed by atoms with Crippen LogP contribution in [0.4, 0.5) is 0 Å². The lowest BCUT2D eigenvalue weighted by atomic mass is 10.0. The number of hydrogen-bond donors (Lipinski definition) is 3. The molecule has 0 aromatic heterocycles. The third-order valence-corrected chi connectivity index (χ3v) is 12.9. The molecule has 6 heteroatoms. The van der Waals surface area contributed by atoms with Crippen molar-refractivity contribution >= 4 is 11.9 Å². The van der Waals surface area contributed by atoms with Crippen LogP contribution < -0.4 is 5.32 Å². The summed E-state index contributed by atoms with van der Waals surface area (Å²) in [5.41, 5.74) is 0. The Kier molecular flexibility index (Phi) is 52.1. The molecule has 2 unspecified atom stereocenters. The van der Waals surface area contributed by atoms with Gasteiger partial charge in [0.15, 0.2) is 0 Å². The van der Waals surface area contributed by atoms with Crippen LogP contribution >= 0.6 is 0 Å². The normalized spacial score (nSPS) is 12.9. The summed E-state index contributed by atoms with van der Waals surface area (Å²) in [5, 5.41) is 23.3. The van der Waals surface area contributed by atoms with Gasteiger partial charge in [0.2, 0.25) is 5.91 Å². The summed E-state index contributed by atoms with van der Waals surface area (Å²) in [7, 11) is 0. The van der Waals surface area contributed by atoms with E-state index in [9.17, 15) is 19.8 Å². The van der Waals surface area contributed by atoms with Crippen LogP contribution in [0.5, 0.6) is 0 Å². The molecule has 0 aromatic carbocycles. The molecule has 64 heavy (non-hydrogen) atoms. The highest BCUT2D eigenvalue weighted by Crippen LogP contribution is 2.17. The monoisotopic (exact) mass is 900 g/mol. The van der Waals surface area contributed by atoms with Crippen LogP contribution in [0.2, 0.25) is 0 Å². The van der Waals surface area contributed by atoms with E-state index >= 15 is 0 Å². The summed E-state index contributed by atoms with van der Waals surface area (Å²) >= 11 is 0. The number of allylic oxidation sites excluding steroid dienone is 6. The lowest BCUT2D eigenvalue weighted by molar-refractivity contribution is -0.143. The Hall–Kier alpha value is -1.92. The number of aliphatic hydroxyl groups is 2. The van der Waals surface area contributed by atoms with Crippen LogP contribution in [0.25, 0.3) is 0 Å². The van der Waals surface area contributed by atoms with Crippen LogP contribution in [0.3, 0.4) is 0 Å². The molecule has 0 spiro atoms. The SMILES string of the molecule is CCCC/C=C\C/C=C\CCCCCCCC(=O)OCCCC/C=C\CCCCCCCC(=O)NC(CO)C(O)CCCCCCCCCCCCCCCCCCCCCCCC. The van der Waals surface area contributed by atoms with E-state index in [1.165, 1.54) is 167 Å². The first-order chi connectivity index (χ1) is 31.5. The minimum absolute atomic E-state index is 0.0455. The molecule has 2 atom stereocenters. The van der Waals surface area contributed by atoms with Gasteiger partial charge in [-0.2, -0.15) is 0 Å². The highest BCUT2D eigenvalue weighted by molar-refractivity contribution is 5.76. The average molecular weight is 901 g/mol. The fourth-order valence-electron chi connectivity index (χ4n) is 8.53. The molecule has 0 aliphatic heterocycles. The molecule has 6 nitrogen and oxygen atoms in total. The summed E-state index contributed by atoms with van der Waals surface area (Å²) < 4.78 is 5.43. The van der Waals surface area contributed by atoms with Crippen molar-refractivity contribution < 1.29 is 24.5 Å². The Morgan fingerprint density at radius 2 is 0.797 bits per heavy atom. The lowest BCUT2D eigenvalue weighted by Crippen LogP contribution is -2.45. The number of carbonyl (C=O) groups excluding carboxylic acids is 2. The average Bonchev–Trinajstić information content (AvgIpc) is 3.29. The predicted octanol–water partition coefficient (Wildman–Crippen LogP) is 17.2. The zero-order chi connectivity index (χ0) is 46.5. The fourth-order valence-corrected chi connectivity index (χ4v) is 8.53. The molecule has 0 saturated heterocycles. The standard InChI is InChI=1S/C58H109NO5/c1-3-5-7-9-11-13-15-17-19-20-21-22-23-24-25-26-27-30-34-38-42-46-50-56(61)55(54-60)59-57(62)51-47-43-39-35-31-29-33-37-41-45-49-53-64-58(63)52-48-44-40-36-32-28-18-16-14-12-10-8-6-4-2/h10,12,16,18,33,37,55-56,60-61H,3-9,11,13-15,17,19-32,34-36,38-54H2,1-2H3,(H,59,62)/b12-10-,18-16-,37-33-. The van der Waals surface area contributed by atoms with Crippen LogP contribution in [0.1, 0.15) is 296 Å². The quantitative estimate of drug-likeness (QED) is 0.0321. The number of esters is 1. The number of aliphatic hydroxyl groups excluding tert-OH is 2. The topological polar surface area (TPSA) is 95.9 Å². The zero-order valence-corrected chi connectivity index (χ0v) is 42.8. The summed E-state index contributed by atoms with van der Waals surface area (Å²) in [6, 6.07) is -0.565. The van der Waals surface area contributed by atoms with Crippen LogP contribution in [0.15, 0.2) is 36.5 Å². The number of hydrogen-bond acceptors (Lipinski definition) is 5. The molecule has 376 valence electrons. The molecule has 0 rings (SSSR count). The van der Waals surface area contributed by atoms with E-state index in [4.69, 9.17) is 4.74 Å². The maximum atomic E-state index is 12.5. The lowest BCUT2D eigenvalue weighted by Gasteiger charge is -2.22. The van der Waals surface area contributed by atoms with Gasteiger partial charge >= 0.3 is 5.97 Å². The van der Waals surface area contributed by atoms with E-state index in [0.717, 1.165) is 96.3 Å². The molecule has 0 aliphatic rings. The second kappa shape index (κ2) is 53.7. The fraction of sp³-hybridized carbons (Fsp3) is 0.862. The number of carbonyl (C=O) groups is 2. The Balaban J connectivity index is 3.51.